The Hall–Kier alpha value is -2.70. The molecule has 0 aliphatic carbocycles. The van der Waals surface area contributed by atoms with Gasteiger partial charge < -0.3 is 10.1 Å². The summed E-state index contributed by atoms with van der Waals surface area (Å²) in [6, 6.07) is 1.82. The highest BCUT2D eigenvalue weighted by molar-refractivity contribution is 5.70. The minimum atomic E-state index is -1.06. The summed E-state index contributed by atoms with van der Waals surface area (Å²) in [5.41, 5.74) is 1.03. The van der Waals surface area contributed by atoms with Crippen molar-refractivity contribution in [2.75, 3.05) is 0 Å². The van der Waals surface area contributed by atoms with Crippen molar-refractivity contribution >= 4 is 18.1 Å². The molecule has 104 valence electrons. The van der Waals surface area contributed by atoms with E-state index in [1.54, 1.807) is 37.0 Å². The van der Waals surface area contributed by atoms with Gasteiger partial charge in [-0.2, -0.15) is 5.10 Å². The summed E-state index contributed by atoms with van der Waals surface area (Å²) in [4.78, 5) is 29.2. The molecule has 0 saturated carbocycles. The van der Waals surface area contributed by atoms with Crippen molar-refractivity contribution in [1.82, 2.24) is 19.7 Å². The number of carboxylic acids is 1. The predicted octanol–water partition coefficient (Wildman–Crippen LogP) is 0.609. The quantitative estimate of drug-likeness (QED) is 0.850. The minimum absolute atomic E-state index is 0.176. The number of aromatic amines is 1. The molecule has 2 aromatic rings. The van der Waals surface area contributed by atoms with E-state index in [1.165, 1.54) is 0 Å². The Balaban J connectivity index is 2.31. The molecule has 0 spiro atoms. The largest absolute Gasteiger partial charge is 0.481 e. The molecule has 2 rings (SSSR count). The first kappa shape index (κ1) is 13.7. The maximum absolute atomic E-state index is 11.8. The summed E-state index contributed by atoms with van der Waals surface area (Å²) in [6.45, 7) is 1.62. The number of hydrogen-bond donors (Lipinski definition) is 2. The van der Waals surface area contributed by atoms with Crippen LogP contribution in [-0.2, 0) is 18.3 Å². The van der Waals surface area contributed by atoms with Crippen molar-refractivity contribution < 1.29 is 9.90 Å². The van der Waals surface area contributed by atoms with Gasteiger partial charge in [-0.25, -0.2) is 4.98 Å². The smallest absolute Gasteiger partial charge is 0.308 e. The van der Waals surface area contributed by atoms with E-state index in [1.807, 2.05) is 6.07 Å². The summed E-state index contributed by atoms with van der Waals surface area (Å²) in [7, 11) is 1.80. The van der Waals surface area contributed by atoms with Crippen LogP contribution in [0.2, 0.25) is 0 Å². The monoisotopic (exact) mass is 274 g/mol. The van der Waals surface area contributed by atoms with Crippen LogP contribution in [-0.4, -0.2) is 30.8 Å². The predicted molar refractivity (Wildman–Crippen MR) is 73.1 cm³/mol. The zero-order valence-electron chi connectivity index (χ0n) is 11.1. The van der Waals surface area contributed by atoms with Gasteiger partial charge >= 0.3 is 5.97 Å². The Morgan fingerprint density at radius 2 is 2.25 bits per heavy atom. The molecule has 7 nitrogen and oxygen atoms in total. The van der Waals surface area contributed by atoms with Crippen LogP contribution >= 0.6 is 0 Å². The highest BCUT2D eigenvalue weighted by atomic mass is 16.4. The van der Waals surface area contributed by atoms with Gasteiger partial charge in [-0.1, -0.05) is 0 Å². The number of aryl methyl sites for hydroxylation is 2. The molecule has 0 bridgehead atoms. The number of hydrogen-bond acceptors (Lipinski definition) is 4. The Bertz CT molecular complexity index is 727. The number of nitrogens with zero attached hydrogens (tertiary/aromatic N) is 3. The fraction of sp³-hybridized carbons (Fsp3) is 0.231. The normalized spacial score (nSPS) is 11.1. The zero-order valence-corrected chi connectivity index (χ0v) is 11.1. The lowest BCUT2D eigenvalue weighted by atomic mass is 10.2. The lowest BCUT2D eigenvalue weighted by Crippen LogP contribution is -2.20. The van der Waals surface area contributed by atoms with E-state index in [0.29, 0.717) is 11.5 Å². The Morgan fingerprint density at radius 3 is 2.80 bits per heavy atom. The molecule has 2 N–H and O–H groups in total. The lowest BCUT2D eigenvalue weighted by Gasteiger charge is -2.02. The Morgan fingerprint density at radius 1 is 1.50 bits per heavy atom. The molecule has 2 heterocycles. The molecular formula is C13H14N4O3. The third-order valence-electron chi connectivity index (χ3n) is 2.84. The van der Waals surface area contributed by atoms with Crippen LogP contribution in [0, 0.1) is 6.92 Å². The molecule has 2 aromatic heterocycles. The molecule has 0 atom stereocenters. The molecule has 0 saturated heterocycles. The van der Waals surface area contributed by atoms with Crippen molar-refractivity contribution in [2.24, 2.45) is 7.05 Å². The Kier molecular flexibility index (Phi) is 3.79. The topological polar surface area (TPSA) is 101 Å². The Labute approximate surface area is 114 Å². The first-order valence-corrected chi connectivity index (χ1v) is 5.95. The number of rotatable bonds is 4. The van der Waals surface area contributed by atoms with Crippen LogP contribution in [0.15, 0.2) is 17.1 Å². The number of carboxylic acid groups (broad SMARTS) is 1. The van der Waals surface area contributed by atoms with Gasteiger partial charge in [0.25, 0.3) is 5.56 Å². The first-order valence-electron chi connectivity index (χ1n) is 5.95. The van der Waals surface area contributed by atoms with E-state index in [-0.39, 0.29) is 12.0 Å². The van der Waals surface area contributed by atoms with Crippen molar-refractivity contribution in [1.29, 1.82) is 0 Å². The van der Waals surface area contributed by atoms with Crippen molar-refractivity contribution in [3.8, 4) is 0 Å². The third kappa shape index (κ3) is 3.00. The zero-order chi connectivity index (χ0) is 14.7. The van der Waals surface area contributed by atoms with Gasteiger partial charge in [0.15, 0.2) is 0 Å². The summed E-state index contributed by atoms with van der Waals surface area (Å²) >= 11 is 0. The highest BCUT2D eigenvalue weighted by Gasteiger charge is 2.10. The van der Waals surface area contributed by atoms with E-state index < -0.39 is 11.5 Å². The molecule has 0 aliphatic heterocycles. The molecule has 0 fully saturated rings. The van der Waals surface area contributed by atoms with Gasteiger partial charge in [0, 0.05) is 24.5 Å². The number of aliphatic carboxylic acids is 1. The number of aromatic nitrogens is 4. The van der Waals surface area contributed by atoms with E-state index in [0.717, 1.165) is 5.69 Å². The fourth-order valence-electron chi connectivity index (χ4n) is 1.78. The molecule has 7 heteroatoms. The maximum atomic E-state index is 11.8. The van der Waals surface area contributed by atoms with Crippen LogP contribution in [0.4, 0.5) is 0 Å². The lowest BCUT2D eigenvalue weighted by molar-refractivity contribution is -0.136. The van der Waals surface area contributed by atoms with Crippen LogP contribution in [0.1, 0.15) is 22.8 Å². The molecule has 20 heavy (non-hydrogen) atoms. The van der Waals surface area contributed by atoms with Crippen LogP contribution < -0.4 is 5.56 Å². The van der Waals surface area contributed by atoms with E-state index >= 15 is 0 Å². The second kappa shape index (κ2) is 5.52. The summed E-state index contributed by atoms with van der Waals surface area (Å²) in [6.07, 6.45) is 4.74. The number of H-pyrrole nitrogens is 1. The van der Waals surface area contributed by atoms with Crippen molar-refractivity contribution in [3.63, 3.8) is 0 Å². The number of nitrogens with one attached hydrogen (secondary N) is 1. The second-order valence-corrected chi connectivity index (χ2v) is 4.30. The molecule has 0 aromatic carbocycles. The van der Waals surface area contributed by atoms with Crippen molar-refractivity contribution in [3.05, 3.63) is 45.4 Å². The van der Waals surface area contributed by atoms with E-state index in [9.17, 15) is 9.59 Å². The molecule has 0 amide bonds. The highest BCUT2D eigenvalue weighted by Crippen LogP contribution is 2.05. The summed E-state index contributed by atoms with van der Waals surface area (Å²) < 4.78 is 1.68. The average Bonchev–Trinajstić information content (AvgIpc) is 2.77. The molecular weight excluding hydrogens is 260 g/mol. The average molecular weight is 274 g/mol. The fourth-order valence-corrected chi connectivity index (χ4v) is 1.78. The van der Waals surface area contributed by atoms with Gasteiger partial charge in [0.2, 0.25) is 0 Å². The molecule has 0 radical (unpaired) electrons. The first-order chi connectivity index (χ1) is 9.47. The van der Waals surface area contributed by atoms with Gasteiger partial charge in [-0.15, -0.1) is 0 Å². The number of carbonyl (C=O) groups is 1. The van der Waals surface area contributed by atoms with Gasteiger partial charge in [-0.3, -0.25) is 14.3 Å². The summed E-state index contributed by atoms with van der Waals surface area (Å²) in [5.74, 6) is -0.679. The van der Waals surface area contributed by atoms with Crippen LogP contribution in [0.3, 0.4) is 0 Å². The maximum Gasteiger partial charge on any atom is 0.308 e. The van der Waals surface area contributed by atoms with E-state index in [2.05, 4.69) is 15.1 Å². The molecule has 0 unspecified atom stereocenters. The standard InChI is InChI=1S/C13H14N4O3/c1-8-10(7-12(18)19)13(20)16-11(15-8)4-3-9-5-6-14-17(9)2/h3-6H,7H2,1-2H3,(H,18,19)(H,15,16,20)/b4-3+. The van der Waals surface area contributed by atoms with Crippen LogP contribution in [0.5, 0.6) is 0 Å². The van der Waals surface area contributed by atoms with Gasteiger partial charge in [0.1, 0.15) is 5.82 Å². The molecule has 0 aliphatic rings. The minimum Gasteiger partial charge on any atom is -0.481 e. The second-order valence-electron chi connectivity index (χ2n) is 4.30. The van der Waals surface area contributed by atoms with Crippen molar-refractivity contribution in [2.45, 2.75) is 13.3 Å². The van der Waals surface area contributed by atoms with E-state index in [4.69, 9.17) is 5.11 Å². The van der Waals surface area contributed by atoms with Crippen LogP contribution in [0.25, 0.3) is 12.2 Å². The summed E-state index contributed by atoms with van der Waals surface area (Å²) in [5, 5.41) is 12.8. The SMILES string of the molecule is Cc1nc(/C=C/c2ccnn2C)[nH]c(=O)c1CC(=O)O. The van der Waals surface area contributed by atoms with Gasteiger partial charge in [0.05, 0.1) is 12.1 Å². The van der Waals surface area contributed by atoms with Gasteiger partial charge in [-0.05, 0) is 25.1 Å². The third-order valence-corrected chi connectivity index (χ3v) is 2.84.